The van der Waals surface area contributed by atoms with Gasteiger partial charge in [-0.15, -0.1) is 0 Å². The van der Waals surface area contributed by atoms with Crippen molar-refractivity contribution in [3.63, 3.8) is 0 Å². The third-order valence-electron chi connectivity index (χ3n) is 4.47. The summed E-state index contributed by atoms with van der Waals surface area (Å²) in [5.74, 6) is 1.67. The summed E-state index contributed by atoms with van der Waals surface area (Å²) < 4.78 is 13.0. The van der Waals surface area contributed by atoms with Crippen LogP contribution < -0.4 is 15.2 Å². The van der Waals surface area contributed by atoms with Crippen molar-refractivity contribution >= 4 is 15.9 Å². The van der Waals surface area contributed by atoms with E-state index in [1.807, 2.05) is 6.07 Å². The Labute approximate surface area is 129 Å². The van der Waals surface area contributed by atoms with Gasteiger partial charge in [-0.25, -0.2) is 0 Å². The van der Waals surface area contributed by atoms with Crippen LogP contribution in [0.3, 0.4) is 0 Å². The molecule has 0 radical (unpaired) electrons. The molecule has 0 amide bonds. The van der Waals surface area contributed by atoms with Crippen LogP contribution in [0.5, 0.6) is 11.5 Å². The zero-order valence-electron chi connectivity index (χ0n) is 12.3. The lowest BCUT2D eigenvalue weighted by molar-refractivity contribution is 0.140. The van der Waals surface area contributed by atoms with Crippen molar-refractivity contribution in [1.82, 2.24) is 0 Å². The molecular formula is C16H22BrNO2. The summed E-state index contributed by atoms with van der Waals surface area (Å²) in [7, 11) is 0. The summed E-state index contributed by atoms with van der Waals surface area (Å²) >= 11 is 3.68. The molecule has 1 saturated carbocycles. The fourth-order valence-electron chi connectivity index (χ4n) is 2.83. The van der Waals surface area contributed by atoms with Crippen molar-refractivity contribution < 1.29 is 9.47 Å². The van der Waals surface area contributed by atoms with E-state index in [1.54, 1.807) is 0 Å². The molecule has 0 spiro atoms. The van der Waals surface area contributed by atoms with E-state index in [0.717, 1.165) is 28.8 Å². The zero-order valence-corrected chi connectivity index (χ0v) is 13.9. The van der Waals surface area contributed by atoms with Gasteiger partial charge in [0.05, 0.1) is 13.2 Å². The minimum Gasteiger partial charge on any atom is -0.489 e. The quantitative estimate of drug-likeness (QED) is 0.894. The van der Waals surface area contributed by atoms with Crippen LogP contribution in [0.1, 0.15) is 39.2 Å². The van der Waals surface area contributed by atoms with Crippen LogP contribution >= 0.6 is 15.9 Å². The third kappa shape index (κ3) is 2.33. The second kappa shape index (κ2) is 4.63. The van der Waals surface area contributed by atoms with Crippen LogP contribution in [-0.4, -0.2) is 19.3 Å². The summed E-state index contributed by atoms with van der Waals surface area (Å²) in [4.78, 5) is 0. The highest BCUT2D eigenvalue weighted by Gasteiger charge is 2.49. The predicted molar refractivity (Wildman–Crippen MR) is 83.5 cm³/mol. The summed E-state index contributed by atoms with van der Waals surface area (Å²) in [6.07, 6.45) is 2.29. The zero-order chi connectivity index (χ0) is 14.5. The van der Waals surface area contributed by atoms with Gasteiger partial charge in [0.25, 0.3) is 0 Å². The molecule has 1 aliphatic heterocycles. The average Bonchev–Trinajstić information content (AvgIpc) is 3.16. The minimum absolute atomic E-state index is 0.0318. The molecule has 4 heteroatoms. The minimum atomic E-state index is 0.0318. The van der Waals surface area contributed by atoms with Gasteiger partial charge >= 0.3 is 0 Å². The van der Waals surface area contributed by atoms with Crippen LogP contribution in [0.25, 0.3) is 0 Å². The largest absolute Gasteiger partial charge is 0.489 e. The number of rotatable bonds is 2. The number of nitrogens with two attached hydrogens (primary N) is 1. The van der Waals surface area contributed by atoms with E-state index < -0.39 is 0 Å². The SMILES string of the molecule is CC(N)C1(c2cc3c(cc2Br)OCC(C)(C)CO3)CC1. The number of ether oxygens (including phenoxy) is 2. The first kappa shape index (κ1) is 14.2. The summed E-state index contributed by atoms with van der Waals surface area (Å²) in [5, 5.41) is 0. The molecule has 110 valence electrons. The smallest absolute Gasteiger partial charge is 0.162 e. The van der Waals surface area contributed by atoms with E-state index in [9.17, 15) is 0 Å². The highest BCUT2D eigenvalue weighted by molar-refractivity contribution is 9.10. The van der Waals surface area contributed by atoms with Gasteiger partial charge in [0.2, 0.25) is 0 Å². The Bertz CT molecular complexity index is 536. The predicted octanol–water partition coefficient (Wildman–Crippen LogP) is 3.63. The Balaban J connectivity index is 1.99. The second-order valence-corrected chi connectivity index (χ2v) is 7.82. The van der Waals surface area contributed by atoms with Gasteiger partial charge < -0.3 is 15.2 Å². The Morgan fingerprint density at radius 1 is 1.15 bits per heavy atom. The molecule has 1 aromatic carbocycles. The third-order valence-corrected chi connectivity index (χ3v) is 5.12. The maximum atomic E-state index is 6.19. The maximum Gasteiger partial charge on any atom is 0.162 e. The summed E-state index contributed by atoms with van der Waals surface area (Å²) in [5.41, 5.74) is 7.59. The molecule has 0 saturated heterocycles. The maximum absolute atomic E-state index is 6.19. The van der Waals surface area contributed by atoms with Gasteiger partial charge in [0.15, 0.2) is 11.5 Å². The molecule has 0 bridgehead atoms. The highest BCUT2D eigenvalue weighted by atomic mass is 79.9. The van der Waals surface area contributed by atoms with Crippen molar-refractivity contribution in [3.8, 4) is 11.5 Å². The molecule has 3 rings (SSSR count). The van der Waals surface area contributed by atoms with Gasteiger partial charge in [-0.2, -0.15) is 0 Å². The van der Waals surface area contributed by atoms with E-state index in [1.165, 1.54) is 5.56 Å². The molecule has 1 heterocycles. The standard InChI is InChI=1S/C16H22BrNO2/c1-10(18)16(4-5-16)11-6-13-14(7-12(11)17)20-9-15(2,3)8-19-13/h6-7,10H,4-5,8-9,18H2,1-3H3. The van der Waals surface area contributed by atoms with Gasteiger partial charge in [0.1, 0.15) is 0 Å². The average molecular weight is 340 g/mol. The van der Waals surface area contributed by atoms with Crippen molar-refractivity contribution in [2.45, 2.75) is 45.1 Å². The number of hydrogen-bond donors (Lipinski definition) is 1. The van der Waals surface area contributed by atoms with E-state index >= 15 is 0 Å². The first-order valence-electron chi connectivity index (χ1n) is 7.19. The molecule has 1 aliphatic carbocycles. The summed E-state index contributed by atoms with van der Waals surface area (Å²) in [6.45, 7) is 7.74. The Morgan fingerprint density at radius 2 is 1.70 bits per heavy atom. The van der Waals surface area contributed by atoms with Crippen LogP contribution in [-0.2, 0) is 5.41 Å². The van der Waals surface area contributed by atoms with Crippen molar-refractivity contribution in [2.75, 3.05) is 13.2 Å². The fourth-order valence-corrected chi connectivity index (χ4v) is 3.55. The van der Waals surface area contributed by atoms with Crippen LogP contribution in [0.15, 0.2) is 16.6 Å². The van der Waals surface area contributed by atoms with Crippen molar-refractivity contribution in [3.05, 3.63) is 22.2 Å². The van der Waals surface area contributed by atoms with Crippen LogP contribution in [0.2, 0.25) is 0 Å². The normalized spacial score (nSPS) is 23.9. The lowest BCUT2D eigenvalue weighted by Crippen LogP contribution is -2.31. The van der Waals surface area contributed by atoms with Gasteiger partial charge in [0, 0.05) is 21.3 Å². The molecule has 20 heavy (non-hydrogen) atoms. The number of hydrogen-bond acceptors (Lipinski definition) is 3. The van der Waals surface area contributed by atoms with Crippen LogP contribution in [0, 0.1) is 5.41 Å². The van der Waals surface area contributed by atoms with Gasteiger partial charge in [-0.1, -0.05) is 29.8 Å². The molecule has 2 aliphatic rings. The summed E-state index contributed by atoms with van der Waals surface area (Å²) in [6, 6.07) is 4.31. The molecule has 0 aromatic heterocycles. The highest BCUT2D eigenvalue weighted by Crippen LogP contribution is 2.54. The van der Waals surface area contributed by atoms with E-state index in [4.69, 9.17) is 15.2 Å². The van der Waals surface area contributed by atoms with Gasteiger partial charge in [-0.05, 0) is 37.5 Å². The Morgan fingerprint density at radius 3 is 2.20 bits per heavy atom. The topological polar surface area (TPSA) is 44.5 Å². The fraction of sp³-hybridized carbons (Fsp3) is 0.625. The lowest BCUT2D eigenvalue weighted by Gasteiger charge is -2.23. The number of benzene rings is 1. The van der Waals surface area contributed by atoms with E-state index in [0.29, 0.717) is 13.2 Å². The van der Waals surface area contributed by atoms with Crippen molar-refractivity contribution in [1.29, 1.82) is 0 Å². The van der Waals surface area contributed by atoms with Crippen molar-refractivity contribution in [2.24, 2.45) is 11.1 Å². The molecule has 1 fully saturated rings. The number of fused-ring (bicyclic) bond motifs is 1. The molecule has 1 aromatic rings. The molecule has 3 nitrogen and oxygen atoms in total. The van der Waals surface area contributed by atoms with Gasteiger partial charge in [-0.3, -0.25) is 0 Å². The van der Waals surface area contributed by atoms with E-state index in [2.05, 4.69) is 42.8 Å². The van der Waals surface area contributed by atoms with E-state index in [-0.39, 0.29) is 16.9 Å². The Kier molecular flexibility index (Phi) is 3.29. The first-order valence-corrected chi connectivity index (χ1v) is 7.99. The monoisotopic (exact) mass is 339 g/mol. The molecule has 2 N–H and O–H groups in total. The molecular weight excluding hydrogens is 318 g/mol. The first-order chi connectivity index (χ1) is 9.34. The molecule has 1 unspecified atom stereocenters. The second-order valence-electron chi connectivity index (χ2n) is 6.97. The molecule has 1 atom stereocenters. The lowest BCUT2D eigenvalue weighted by atomic mass is 9.89. The number of halogens is 1. The Hall–Kier alpha value is -0.740. The van der Waals surface area contributed by atoms with Crippen LogP contribution in [0.4, 0.5) is 0 Å².